The van der Waals surface area contributed by atoms with Crippen molar-refractivity contribution in [3.05, 3.63) is 0 Å². The maximum atomic E-state index is 5.99. The van der Waals surface area contributed by atoms with Gasteiger partial charge < -0.3 is 8.85 Å². The van der Waals surface area contributed by atoms with Gasteiger partial charge in [0.2, 0.25) is 0 Å². The molecule has 1 aliphatic carbocycles. The molecule has 1 aliphatic rings. The first-order valence-electron chi connectivity index (χ1n) is 7.86. The highest BCUT2D eigenvalue weighted by Gasteiger charge is 2.55. The molecule has 0 radical (unpaired) electrons. The Balaban J connectivity index is 2.85. The van der Waals surface area contributed by atoms with Gasteiger partial charge in [0.25, 0.3) is 0 Å². The van der Waals surface area contributed by atoms with Crippen LogP contribution in [0.4, 0.5) is 0 Å². The Labute approximate surface area is 122 Å². The third-order valence-electron chi connectivity index (χ3n) is 4.54. The number of hydrogen-bond donors (Lipinski definition) is 0. The molecule has 114 valence electrons. The van der Waals surface area contributed by atoms with Gasteiger partial charge in [0.15, 0.2) is 0 Å². The van der Waals surface area contributed by atoms with E-state index in [4.69, 9.17) is 8.85 Å². The van der Waals surface area contributed by atoms with Gasteiger partial charge >= 0.3 is 9.28 Å². The lowest BCUT2D eigenvalue weighted by molar-refractivity contribution is -0.0311. The summed E-state index contributed by atoms with van der Waals surface area (Å²) in [5.74, 6) is 1.54. The van der Waals surface area contributed by atoms with Gasteiger partial charge in [0.1, 0.15) is 0 Å². The standard InChI is InChI=1S/C16H34O2Si/c1-9-17-19(18-10-2)13-11-12(15(3,4)5)14(13)16(6,7)8/h12-14,19H,9-11H2,1-8H3. The van der Waals surface area contributed by atoms with E-state index in [0.29, 0.717) is 16.4 Å². The molecule has 0 aromatic rings. The second-order valence-corrected chi connectivity index (χ2v) is 10.3. The van der Waals surface area contributed by atoms with Crippen molar-refractivity contribution in [3.63, 3.8) is 0 Å². The smallest absolute Gasteiger partial charge is 0.324 e. The molecule has 0 aromatic carbocycles. The minimum Gasteiger partial charge on any atom is -0.397 e. The second-order valence-electron chi connectivity index (χ2n) is 8.04. The average molecular weight is 287 g/mol. The fourth-order valence-corrected chi connectivity index (χ4v) is 6.68. The zero-order valence-corrected chi connectivity index (χ0v) is 15.4. The van der Waals surface area contributed by atoms with Crippen LogP contribution in [0, 0.1) is 22.7 Å². The average Bonchev–Trinajstić information content (AvgIpc) is 2.11. The molecule has 3 heteroatoms. The van der Waals surface area contributed by atoms with E-state index in [1.165, 1.54) is 6.42 Å². The van der Waals surface area contributed by atoms with Crippen molar-refractivity contribution >= 4 is 9.28 Å². The molecule has 0 heterocycles. The molecular weight excluding hydrogens is 252 g/mol. The van der Waals surface area contributed by atoms with Gasteiger partial charge in [-0.1, -0.05) is 41.5 Å². The Bertz CT molecular complexity index is 271. The summed E-state index contributed by atoms with van der Waals surface area (Å²) < 4.78 is 12.0. The Hall–Kier alpha value is 0.137. The molecule has 1 saturated carbocycles. The molecule has 19 heavy (non-hydrogen) atoms. The maximum Gasteiger partial charge on any atom is 0.324 e. The molecule has 3 atom stereocenters. The summed E-state index contributed by atoms with van der Waals surface area (Å²) in [6.07, 6.45) is 1.29. The molecule has 2 nitrogen and oxygen atoms in total. The van der Waals surface area contributed by atoms with Crippen molar-refractivity contribution in [1.82, 2.24) is 0 Å². The van der Waals surface area contributed by atoms with Crippen LogP contribution in [0.15, 0.2) is 0 Å². The first kappa shape index (κ1) is 17.2. The van der Waals surface area contributed by atoms with Gasteiger partial charge in [0.05, 0.1) is 0 Å². The van der Waals surface area contributed by atoms with Crippen molar-refractivity contribution in [3.8, 4) is 0 Å². The quantitative estimate of drug-likeness (QED) is 0.698. The molecule has 1 rings (SSSR count). The predicted molar refractivity (Wildman–Crippen MR) is 84.7 cm³/mol. The van der Waals surface area contributed by atoms with Gasteiger partial charge in [0, 0.05) is 18.8 Å². The molecule has 0 N–H and O–H groups in total. The largest absolute Gasteiger partial charge is 0.397 e. The molecule has 0 aliphatic heterocycles. The van der Waals surface area contributed by atoms with E-state index in [-0.39, 0.29) is 0 Å². The molecule has 1 fully saturated rings. The van der Waals surface area contributed by atoms with Gasteiger partial charge in [-0.2, -0.15) is 0 Å². The van der Waals surface area contributed by atoms with Crippen molar-refractivity contribution in [1.29, 1.82) is 0 Å². The van der Waals surface area contributed by atoms with E-state index < -0.39 is 9.28 Å². The summed E-state index contributed by atoms with van der Waals surface area (Å²) in [4.78, 5) is 0. The summed E-state index contributed by atoms with van der Waals surface area (Å²) in [6.45, 7) is 20.0. The van der Waals surface area contributed by atoms with Crippen LogP contribution in [-0.2, 0) is 8.85 Å². The zero-order valence-electron chi connectivity index (χ0n) is 14.2. The highest BCUT2D eigenvalue weighted by molar-refractivity contribution is 6.46. The van der Waals surface area contributed by atoms with Crippen molar-refractivity contribution in [2.45, 2.75) is 67.4 Å². The topological polar surface area (TPSA) is 18.5 Å². The van der Waals surface area contributed by atoms with Crippen molar-refractivity contribution in [2.75, 3.05) is 13.2 Å². The van der Waals surface area contributed by atoms with Crippen LogP contribution in [0.3, 0.4) is 0 Å². The van der Waals surface area contributed by atoms with Crippen LogP contribution in [0.1, 0.15) is 61.8 Å². The second kappa shape index (κ2) is 6.27. The molecule has 0 aromatic heterocycles. The fourth-order valence-electron chi connectivity index (χ4n) is 3.73. The van der Waals surface area contributed by atoms with Gasteiger partial charge in [-0.05, 0) is 42.9 Å². The highest BCUT2D eigenvalue weighted by Crippen LogP contribution is 2.61. The molecule has 3 unspecified atom stereocenters. The van der Waals surface area contributed by atoms with Gasteiger partial charge in [-0.15, -0.1) is 0 Å². The minimum absolute atomic E-state index is 0.348. The van der Waals surface area contributed by atoms with Crippen LogP contribution in [0.2, 0.25) is 5.54 Å². The summed E-state index contributed by atoms with van der Waals surface area (Å²) in [6, 6.07) is 0. The minimum atomic E-state index is -1.51. The molecule has 0 amide bonds. The number of hydrogen-bond acceptors (Lipinski definition) is 2. The predicted octanol–water partition coefficient (Wildman–Crippen LogP) is 4.38. The summed E-state index contributed by atoms with van der Waals surface area (Å²) in [7, 11) is -1.51. The summed E-state index contributed by atoms with van der Waals surface area (Å²) >= 11 is 0. The Morgan fingerprint density at radius 2 is 1.37 bits per heavy atom. The van der Waals surface area contributed by atoms with E-state index in [1.54, 1.807) is 0 Å². The lowest BCUT2D eigenvalue weighted by atomic mass is 9.53. The van der Waals surface area contributed by atoms with Crippen molar-refractivity contribution < 1.29 is 8.85 Å². The van der Waals surface area contributed by atoms with E-state index in [2.05, 4.69) is 55.4 Å². The molecular formula is C16H34O2Si. The Kier molecular flexibility index (Phi) is 5.68. The first-order chi connectivity index (χ1) is 8.62. The zero-order chi connectivity index (χ0) is 14.8. The van der Waals surface area contributed by atoms with Crippen LogP contribution in [0.25, 0.3) is 0 Å². The van der Waals surface area contributed by atoms with Crippen molar-refractivity contribution in [2.24, 2.45) is 22.7 Å². The normalized spacial score (nSPS) is 28.6. The number of rotatable bonds is 5. The monoisotopic (exact) mass is 286 g/mol. The van der Waals surface area contributed by atoms with E-state index in [1.807, 2.05) is 0 Å². The molecule has 0 bridgehead atoms. The first-order valence-corrected chi connectivity index (χ1v) is 9.47. The van der Waals surface area contributed by atoms with E-state index >= 15 is 0 Å². The summed E-state index contributed by atoms with van der Waals surface area (Å²) in [5.41, 5.74) is 1.43. The summed E-state index contributed by atoms with van der Waals surface area (Å²) in [5, 5.41) is 0. The van der Waals surface area contributed by atoms with Crippen LogP contribution < -0.4 is 0 Å². The maximum absolute atomic E-state index is 5.99. The van der Waals surface area contributed by atoms with Crippen LogP contribution in [-0.4, -0.2) is 22.5 Å². The van der Waals surface area contributed by atoms with E-state index in [9.17, 15) is 0 Å². The van der Waals surface area contributed by atoms with Crippen LogP contribution in [0.5, 0.6) is 0 Å². The molecule has 0 spiro atoms. The van der Waals surface area contributed by atoms with Gasteiger partial charge in [-0.25, -0.2) is 0 Å². The lowest BCUT2D eigenvalue weighted by Gasteiger charge is -2.57. The van der Waals surface area contributed by atoms with Crippen LogP contribution >= 0.6 is 0 Å². The van der Waals surface area contributed by atoms with Gasteiger partial charge in [-0.3, -0.25) is 0 Å². The Morgan fingerprint density at radius 1 is 0.895 bits per heavy atom. The fraction of sp³-hybridized carbons (Fsp3) is 1.00. The molecule has 0 saturated heterocycles. The Morgan fingerprint density at radius 3 is 1.68 bits per heavy atom. The highest BCUT2D eigenvalue weighted by atomic mass is 28.3. The van der Waals surface area contributed by atoms with E-state index in [0.717, 1.165) is 25.0 Å². The SMILES string of the molecule is CCO[SiH](OCC)C1CC(C(C)(C)C)C1C(C)(C)C. The lowest BCUT2D eigenvalue weighted by Crippen LogP contribution is -2.53. The third kappa shape index (κ3) is 4.05. The third-order valence-corrected chi connectivity index (χ3v) is 7.25.